The number of imidazole rings is 3. The van der Waals surface area contributed by atoms with Gasteiger partial charge in [0.2, 0.25) is 0 Å². The number of hydrogen-bond acceptors (Lipinski definition) is 15. The summed E-state index contributed by atoms with van der Waals surface area (Å²) < 4.78 is 22.5. The number of aryl methyl sites for hydroxylation is 3. The second-order valence-electron chi connectivity index (χ2n) is 20.9. The minimum Gasteiger partial charge on any atom is -0.378 e. The smallest absolute Gasteiger partial charge is 0.154 e. The lowest BCUT2D eigenvalue weighted by atomic mass is 10.1. The van der Waals surface area contributed by atoms with Crippen LogP contribution in [0.3, 0.4) is 0 Å². The van der Waals surface area contributed by atoms with Gasteiger partial charge >= 0.3 is 0 Å². The normalized spacial score (nSPS) is 18.3. The molecule has 3 N–H and O–H groups in total. The first-order valence-corrected chi connectivity index (χ1v) is 27.9. The van der Waals surface area contributed by atoms with Gasteiger partial charge in [-0.3, -0.25) is 15.3 Å². The predicted molar refractivity (Wildman–Crippen MR) is 309 cm³/mol. The zero-order valence-corrected chi connectivity index (χ0v) is 45.2. The van der Waals surface area contributed by atoms with Crippen molar-refractivity contribution in [1.29, 1.82) is 0 Å². The molecule has 0 amide bonds. The predicted octanol–water partition coefficient (Wildman–Crippen LogP) is 8.54. The van der Waals surface area contributed by atoms with Crippen molar-refractivity contribution in [3.8, 4) is 33.8 Å². The summed E-state index contributed by atoms with van der Waals surface area (Å²) in [5, 5.41) is 40.6. The fourth-order valence-electron chi connectivity index (χ4n) is 11.7. The molecule has 13 heterocycles. The van der Waals surface area contributed by atoms with E-state index in [9.17, 15) is 0 Å². The number of anilines is 3. The molecule has 16 rings (SSSR count). The molecular weight excluding hydrogens is 1010 g/mol. The van der Waals surface area contributed by atoms with Gasteiger partial charge < -0.3 is 28.9 Å². The molecule has 4 aliphatic heterocycles. The Kier molecular flexibility index (Phi) is 12.9. The molecule has 12 aromatic rings. The van der Waals surface area contributed by atoms with E-state index < -0.39 is 0 Å². The molecule has 0 spiro atoms. The molecule has 0 unspecified atom stereocenters. The van der Waals surface area contributed by atoms with Crippen molar-refractivity contribution in [3.05, 3.63) is 127 Å². The summed E-state index contributed by atoms with van der Waals surface area (Å²) in [5.41, 5.74) is 15.2. The van der Waals surface area contributed by atoms with E-state index in [0.29, 0.717) is 18.2 Å². The highest BCUT2D eigenvalue weighted by Crippen LogP contribution is 2.34. The van der Waals surface area contributed by atoms with E-state index in [4.69, 9.17) is 29.5 Å². The highest BCUT2D eigenvalue weighted by atomic mass is 16.5. The number of aromatic nitrogens is 15. The number of morpholine rings is 3. The highest BCUT2D eigenvalue weighted by molar-refractivity contribution is 5.88. The maximum absolute atomic E-state index is 5.73. The monoisotopic (exact) mass is 1070 g/mol. The highest BCUT2D eigenvalue weighted by Gasteiger charge is 2.40. The minimum atomic E-state index is 0.310. The van der Waals surface area contributed by atoms with Crippen molar-refractivity contribution in [2.75, 3.05) is 73.9 Å². The van der Waals surface area contributed by atoms with Gasteiger partial charge in [0.15, 0.2) is 16.9 Å². The fourth-order valence-corrected chi connectivity index (χ4v) is 11.7. The summed E-state index contributed by atoms with van der Waals surface area (Å²) >= 11 is 0. The maximum atomic E-state index is 5.73. The van der Waals surface area contributed by atoms with Gasteiger partial charge in [-0.15, -0.1) is 15.3 Å². The Morgan fingerprint density at radius 1 is 0.500 bits per heavy atom. The van der Waals surface area contributed by atoms with Crippen LogP contribution in [0, 0.1) is 0 Å². The SMILES string of the molecule is CCc1[nH]nc2ccc(-c3cnc4ccc(N5CCOCC5)nn34)cc12.CCc1[nH]nc2ccc(-c3cnc4ccc(N5CCOC[C@@H]5C)nn34)cc12.CCc1[nH]nc2ccc(-c3cnc4ccc(N5C[C@H]6C[C@@H]5CO6)nn34)cc12. The number of ether oxygens (including phenoxy) is 3. The van der Waals surface area contributed by atoms with Gasteiger partial charge in [0.05, 0.1) is 103 Å². The summed E-state index contributed by atoms with van der Waals surface area (Å²) in [6.07, 6.45) is 9.91. The summed E-state index contributed by atoms with van der Waals surface area (Å²) in [7, 11) is 0. The first-order valence-electron chi connectivity index (χ1n) is 27.9. The van der Waals surface area contributed by atoms with E-state index in [2.05, 4.69) is 136 Å². The number of nitrogens with one attached hydrogen (secondary N) is 3. The molecular formula is C59H62N18O3. The van der Waals surface area contributed by atoms with Gasteiger partial charge in [-0.05, 0) is 105 Å². The zero-order valence-electron chi connectivity index (χ0n) is 45.2. The number of H-pyrrole nitrogens is 3. The van der Waals surface area contributed by atoms with Crippen LogP contribution in [-0.2, 0) is 33.5 Å². The number of benzene rings is 3. The Morgan fingerprint density at radius 2 is 0.950 bits per heavy atom. The van der Waals surface area contributed by atoms with E-state index in [0.717, 1.165) is 203 Å². The molecule has 0 radical (unpaired) electrons. The number of nitrogens with zero attached hydrogens (tertiary/aromatic N) is 15. The third-order valence-corrected chi connectivity index (χ3v) is 16.1. The first-order chi connectivity index (χ1) is 39.4. The van der Waals surface area contributed by atoms with Crippen LogP contribution in [0.2, 0.25) is 0 Å². The molecule has 3 atom stereocenters. The Bertz CT molecular complexity index is 4040. The molecule has 21 nitrogen and oxygen atoms in total. The summed E-state index contributed by atoms with van der Waals surface area (Å²) in [4.78, 5) is 20.5. The number of rotatable bonds is 9. The van der Waals surface area contributed by atoms with Crippen LogP contribution in [0.15, 0.2) is 110 Å². The summed E-state index contributed by atoms with van der Waals surface area (Å²) in [6.45, 7) is 15.8. The van der Waals surface area contributed by atoms with Crippen molar-refractivity contribution >= 4 is 67.1 Å². The van der Waals surface area contributed by atoms with Crippen LogP contribution < -0.4 is 14.7 Å². The molecule has 2 bridgehead atoms. The van der Waals surface area contributed by atoms with Gasteiger partial charge in [0, 0.05) is 76.1 Å². The number of fused-ring (bicyclic) bond motifs is 8. The zero-order chi connectivity index (χ0) is 53.8. The average molecular weight is 1070 g/mol. The standard InChI is InChI=1S/C20H20N6O.C20H22N6O.C19H20N6O/c1-2-16-15-7-12(3-4-17(15)23-22-16)18-9-21-19-5-6-20(24-26(18)19)25-10-14-8-13(25)11-27-14;1-3-16-15-10-14(4-5-17(15)23-22-16)18-11-21-19-6-7-20(24-26(18)19)25-8-9-27-12-13(25)2;1-2-15-14-11-13(3-4-16(14)22-21-15)17-12-20-18-5-6-19(23-25(17)18)24-7-9-26-10-8-24/h3-7,9,13-14H,2,8,10-11H2,1H3,(H,22,23);4-7,10-11,13H,3,8-9,12H2,1-2H3,(H,22,23);3-6,11-12H,2,7-10H2,1H3,(H,21,22)/t13-,14-;13-;/m10./s1. The van der Waals surface area contributed by atoms with Crippen molar-refractivity contribution in [2.45, 2.75) is 71.6 Å². The Labute approximate surface area is 459 Å². The van der Waals surface area contributed by atoms with Crippen LogP contribution in [0.5, 0.6) is 0 Å². The molecule has 406 valence electrons. The van der Waals surface area contributed by atoms with Gasteiger partial charge in [0.25, 0.3) is 0 Å². The lowest BCUT2D eigenvalue weighted by Crippen LogP contribution is -2.44. The average Bonchev–Trinajstić information content (AvgIpc) is 4.42. The second-order valence-corrected chi connectivity index (χ2v) is 20.9. The molecule has 3 aromatic carbocycles. The second kappa shape index (κ2) is 20.8. The van der Waals surface area contributed by atoms with E-state index in [-0.39, 0.29) is 0 Å². The third-order valence-electron chi connectivity index (χ3n) is 16.1. The van der Waals surface area contributed by atoms with Gasteiger partial charge in [-0.25, -0.2) is 28.5 Å². The topological polar surface area (TPSA) is 214 Å². The van der Waals surface area contributed by atoms with Crippen molar-refractivity contribution < 1.29 is 14.2 Å². The first kappa shape index (κ1) is 49.5. The quantitative estimate of drug-likeness (QED) is 0.124. The van der Waals surface area contributed by atoms with E-state index >= 15 is 0 Å². The number of hydrogen-bond donors (Lipinski definition) is 3. The Balaban J connectivity index is 0.000000108. The van der Waals surface area contributed by atoms with E-state index in [1.165, 1.54) is 0 Å². The van der Waals surface area contributed by atoms with Gasteiger partial charge in [-0.1, -0.05) is 39.0 Å². The molecule has 9 aromatic heterocycles. The molecule has 4 aliphatic rings. The molecule has 0 aliphatic carbocycles. The summed E-state index contributed by atoms with van der Waals surface area (Å²) in [6, 6.07) is 31.9. The Morgan fingerprint density at radius 3 is 1.39 bits per heavy atom. The van der Waals surface area contributed by atoms with Crippen molar-refractivity contribution in [2.24, 2.45) is 0 Å². The molecule has 21 heteroatoms. The maximum Gasteiger partial charge on any atom is 0.154 e. The molecule has 4 fully saturated rings. The lowest BCUT2D eigenvalue weighted by Gasteiger charge is -2.34. The van der Waals surface area contributed by atoms with Crippen LogP contribution >= 0.6 is 0 Å². The number of aromatic amines is 3. The van der Waals surface area contributed by atoms with Crippen LogP contribution in [0.25, 0.3) is 83.4 Å². The summed E-state index contributed by atoms with van der Waals surface area (Å²) in [5.74, 6) is 2.91. The van der Waals surface area contributed by atoms with Crippen molar-refractivity contribution in [1.82, 2.24) is 74.4 Å². The van der Waals surface area contributed by atoms with Crippen LogP contribution in [-0.4, -0.2) is 152 Å². The van der Waals surface area contributed by atoms with Gasteiger partial charge in [-0.2, -0.15) is 15.3 Å². The largest absolute Gasteiger partial charge is 0.378 e. The van der Waals surface area contributed by atoms with E-state index in [1.54, 1.807) is 0 Å². The molecule has 80 heavy (non-hydrogen) atoms. The fraction of sp³-hybridized carbons (Fsp3) is 0.339. The van der Waals surface area contributed by atoms with Crippen molar-refractivity contribution in [3.63, 3.8) is 0 Å². The molecule has 4 saturated heterocycles. The third kappa shape index (κ3) is 8.99. The Hall–Kier alpha value is -8.79. The van der Waals surface area contributed by atoms with Crippen LogP contribution in [0.4, 0.5) is 17.5 Å². The molecule has 0 saturated carbocycles. The lowest BCUT2D eigenvalue weighted by molar-refractivity contribution is 0.0984. The minimum absolute atomic E-state index is 0.310. The van der Waals surface area contributed by atoms with Gasteiger partial charge in [0.1, 0.15) is 17.5 Å². The van der Waals surface area contributed by atoms with Crippen LogP contribution in [0.1, 0.15) is 51.2 Å². The van der Waals surface area contributed by atoms with E-state index in [1.807, 2.05) is 74.6 Å².